The van der Waals surface area contributed by atoms with E-state index >= 15 is 0 Å². The lowest BCUT2D eigenvalue weighted by Crippen LogP contribution is -2.43. The van der Waals surface area contributed by atoms with E-state index in [1.165, 1.54) is 6.07 Å². The Balaban J connectivity index is 1.67. The fourth-order valence-electron chi connectivity index (χ4n) is 3.74. The van der Waals surface area contributed by atoms with Gasteiger partial charge in [0.2, 0.25) is 15.9 Å². The van der Waals surface area contributed by atoms with Crippen LogP contribution in [0.25, 0.3) is 0 Å². The summed E-state index contributed by atoms with van der Waals surface area (Å²) in [6.07, 6.45) is 1.18. The summed E-state index contributed by atoms with van der Waals surface area (Å²) >= 11 is 0. The van der Waals surface area contributed by atoms with Crippen molar-refractivity contribution < 1.29 is 23.1 Å². The van der Waals surface area contributed by atoms with Crippen molar-refractivity contribution in [1.29, 1.82) is 5.26 Å². The van der Waals surface area contributed by atoms with Crippen LogP contribution in [0.15, 0.2) is 36.4 Å². The zero-order valence-corrected chi connectivity index (χ0v) is 18.4. The minimum Gasteiger partial charge on any atom is -0.478 e. The molecule has 0 atom stereocenters. The number of rotatable bonds is 7. The lowest BCUT2D eigenvalue weighted by molar-refractivity contribution is -0.123. The highest BCUT2D eigenvalue weighted by atomic mass is 32.2. The van der Waals surface area contributed by atoms with Gasteiger partial charge >= 0.3 is 5.97 Å². The van der Waals surface area contributed by atoms with E-state index < -0.39 is 27.8 Å². The van der Waals surface area contributed by atoms with E-state index in [2.05, 4.69) is 9.71 Å². The molecule has 1 aromatic carbocycles. The average molecular weight is 457 g/mol. The molecular formula is C22H24N4O5S. The zero-order valence-electron chi connectivity index (χ0n) is 17.6. The Kier molecular flexibility index (Phi) is 7.10. The molecule has 168 valence electrons. The van der Waals surface area contributed by atoms with Crippen LogP contribution in [0.3, 0.4) is 0 Å². The van der Waals surface area contributed by atoms with E-state index in [0.717, 1.165) is 0 Å². The third-order valence-corrected chi connectivity index (χ3v) is 6.61. The Labute approximate surface area is 186 Å². The minimum atomic E-state index is -3.81. The molecule has 9 nitrogen and oxygen atoms in total. The average Bonchev–Trinajstić information content (AvgIpc) is 2.78. The Morgan fingerprint density at radius 3 is 2.47 bits per heavy atom. The SMILES string of the molecule is CCc1nc(N2CCC(C(=O)NS(=O)(=O)Cc3ccccc3)CC2)c(C#N)cc1C(=O)O. The van der Waals surface area contributed by atoms with Gasteiger partial charge in [0, 0.05) is 19.0 Å². The number of anilines is 1. The van der Waals surface area contributed by atoms with Crippen molar-refractivity contribution in [2.75, 3.05) is 18.0 Å². The highest BCUT2D eigenvalue weighted by Gasteiger charge is 2.30. The molecule has 0 bridgehead atoms. The summed E-state index contributed by atoms with van der Waals surface area (Å²) in [5.41, 5.74) is 1.14. The number of pyridine rings is 1. The number of piperidine rings is 1. The van der Waals surface area contributed by atoms with Crippen LogP contribution in [0.4, 0.5) is 5.82 Å². The number of carbonyl (C=O) groups excluding carboxylic acids is 1. The summed E-state index contributed by atoms with van der Waals surface area (Å²) in [4.78, 5) is 30.2. The Hall–Kier alpha value is -3.45. The van der Waals surface area contributed by atoms with E-state index in [1.807, 2.05) is 11.0 Å². The number of nitriles is 1. The number of aromatic nitrogens is 1. The number of aromatic carboxylic acids is 1. The summed E-state index contributed by atoms with van der Waals surface area (Å²) < 4.78 is 26.9. The van der Waals surface area contributed by atoms with Crippen LogP contribution in [0, 0.1) is 17.2 Å². The van der Waals surface area contributed by atoms with Crippen LogP contribution in [-0.2, 0) is 27.0 Å². The highest BCUT2D eigenvalue weighted by molar-refractivity contribution is 7.89. The maximum atomic E-state index is 12.5. The van der Waals surface area contributed by atoms with Crippen LogP contribution in [0.2, 0.25) is 0 Å². The number of carboxylic acid groups (broad SMARTS) is 1. The summed E-state index contributed by atoms with van der Waals surface area (Å²) in [5, 5.41) is 18.8. The number of hydrogen-bond acceptors (Lipinski definition) is 7. The zero-order chi connectivity index (χ0) is 23.3. The molecule has 2 N–H and O–H groups in total. The monoisotopic (exact) mass is 456 g/mol. The van der Waals surface area contributed by atoms with Crippen molar-refractivity contribution >= 4 is 27.7 Å². The lowest BCUT2D eigenvalue weighted by atomic mass is 9.96. The van der Waals surface area contributed by atoms with Crippen molar-refractivity contribution in [2.45, 2.75) is 31.9 Å². The summed E-state index contributed by atoms with van der Waals surface area (Å²) in [7, 11) is -3.81. The lowest BCUT2D eigenvalue weighted by Gasteiger charge is -2.32. The van der Waals surface area contributed by atoms with Gasteiger partial charge in [0.15, 0.2) is 0 Å². The predicted molar refractivity (Wildman–Crippen MR) is 117 cm³/mol. The quantitative estimate of drug-likeness (QED) is 0.645. The first-order chi connectivity index (χ1) is 15.2. The van der Waals surface area contributed by atoms with Gasteiger partial charge in [-0.2, -0.15) is 5.26 Å². The van der Waals surface area contributed by atoms with Gasteiger partial charge in [0.25, 0.3) is 0 Å². The van der Waals surface area contributed by atoms with Crippen molar-refractivity contribution in [3.8, 4) is 6.07 Å². The number of nitrogens with one attached hydrogen (secondary N) is 1. The predicted octanol–water partition coefficient (Wildman–Crippen LogP) is 2.08. The van der Waals surface area contributed by atoms with Gasteiger partial charge in [-0.1, -0.05) is 37.3 Å². The number of amides is 1. The number of carbonyl (C=O) groups is 2. The Morgan fingerprint density at radius 1 is 1.25 bits per heavy atom. The van der Waals surface area contributed by atoms with Gasteiger partial charge in [-0.15, -0.1) is 0 Å². The number of nitrogens with zero attached hydrogens (tertiary/aromatic N) is 3. The number of carboxylic acids is 1. The molecule has 0 saturated carbocycles. The molecule has 1 aromatic heterocycles. The molecule has 0 radical (unpaired) electrons. The molecular weight excluding hydrogens is 432 g/mol. The molecule has 1 amide bonds. The molecule has 0 aliphatic carbocycles. The van der Waals surface area contributed by atoms with E-state index in [-0.39, 0.29) is 16.9 Å². The van der Waals surface area contributed by atoms with E-state index in [1.54, 1.807) is 37.3 Å². The first-order valence-corrected chi connectivity index (χ1v) is 11.9. The number of hydrogen-bond donors (Lipinski definition) is 2. The molecule has 1 fully saturated rings. The molecule has 3 rings (SSSR count). The largest absolute Gasteiger partial charge is 0.478 e. The van der Waals surface area contributed by atoms with Gasteiger partial charge in [0.1, 0.15) is 11.9 Å². The maximum absolute atomic E-state index is 12.5. The summed E-state index contributed by atoms with van der Waals surface area (Å²) in [5.74, 6) is -2.03. The van der Waals surface area contributed by atoms with Gasteiger partial charge in [-0.3, -0.25) is 9.52 Å². The van der Waals surface area contributed by atoms with E-state index in [0.29, 0.717) is 49.4 Å². The highest BCUT2D eigenvalue weighted by Crippen LogP contribution is 2.27. The molecule has 32 heavy (non-hydrogen) atoms. The van der Waals surface area contributed by atoms with Crippen molar-refractivity contribution in [1.82, 2.24) is 9.71 Å². The smallest absolute Gasteiger partial charge is 0.337 e. The van der Waals surface area contributed by atoms with E-state index in [4.69, 9.17) is 0 Å². The fourth-order valence-corrected chi connectivity index (χ4v) is 4.91. The van der Waals surface area contributed by atoms with Gasteiger partial charge in [0.05, 0.1) is 22.6 Å². The number of aryl methyl sites for hydroxylation is 1. The topological polar surface area (TPSA) is 140 Å². The number of sulfonamides is 1. The summed E-state index contributed by atoms with van der Waals surface area (Å²) in [6, 6.07) is 12.0. The maximum Gasteiger partial charge on any atom is 0.337 e. The molecule has 1 aliphatic rings. The van der Waals surface area contributed by atoms with Gasteiger partial charge < -0.3 is 10.0 Å². The van der Waals surface area contributed by atoms with Crippen LogP contribution in [0.1, 0.15) is 46.9 Å². The molecule has 0 unspecified atom stereocenters. The Bertz CT molecular complexity index is 1150. The molecule has 2 aromatic rings. The summed E-state index contributed by atoms with van der Waals surface area (Å²) in [6.45, 7) is 2.58. The molecule has 1 saturated heterocycles. The minimum absolute atomic E-state index is 0.00527. The molecule has 1 aliphatic heterocycles. The second kappa shape index (κ2) is 9.78. The van der Waals surface area contributed by atoms with Crippen LogP contribution < -0.4 is 9.62 Å². The normalized spacial score (nSPS) is 14.6. The third-order valence-electron chi connectivity index (χ3n) is 5.39. The first kappa shape index (κ1) is 23.2. The van der Waals surface area contributed by atoms with Gasteiger partial charge in [-0.05, 0) is 30.9 Å². The van der Waals surface area contributed by atoms with Crippen LogP contribution in [0.5, 0.6) is 0 Å². The fraction of sp³-hybridized carbons (Fsp3) is 0.364. The second-order valence-corrected chi connectivity index (χ2v) is 9.32. The second-order valence-electron chi connectivity index (χ2n) is 7.60. The van der Waals surface area contributed by atoms with Crippen LogP contribution >= 0.6 is 0 Å². The van der Waals surface area contributed by atoms with Gasteiger partial charge in [-0.25, -0.2) is 18.2 Å². The van der Waals surface area contributed by atoms with Crippen molar-refractivity contribution in [2.24, 2.45) is 5.92 Å². The first-order valence-electron chi connectivity index (χ1n) is 10.2. The molecule has 0 spiro atoms. The third kappa shape index (κ3) is 5.42. The van der Waals surface area contributed by atoms with Crippen molar-refractivity contribution in [3.63, 3.8) is 0 Å². The number of benzene rings is 1. The molecule has 10 heteroatoms. The van der Waals surface area contributed by atoms with E-state index in [9.17, 15) is 28.4 Å². The van der Waals surface area contributed by atoms with Crippen molar-refractivity contribution in [3.05, 3.63) is 58.8 Å². The van der Waals surface area contributed by atoms with Crippen LogP contribution in [-0.4, -0.2) is 43.5 Å². The molecule has 2 heterocycles. The Morgan fingerprint density at radius 2 is 1.91 bits per heavy atom. The standard InChI is InChI=1S/C22H24N4O5S/c1-2-19-18(22(28)29)12-17(13-23)20(24-19)26-10-8-16(9-11-26)21(27)25-32(30,31)14-15-6-4-3-5-7-15/h3-7,12,16H,2,8-11,14H2,1H3,(H,25,27)(H,28,29).